The third kappa shape index (κ3) is 6.56. The van der Waals surface area contributed by atoms with E-state index in [1.165, 1.54) is 0 Å². The molecule has 0 radical (unpaired) electrons. The van der Waals surface area contributed by atoms with Gasteiger partial charge < -0.3 is 20.9 Å². The van der Waals surface area contributed by atoms with E-state index in [2.05, 4.69) is 15.9 Å². The summed E-state index contributed by atoms with van der Waals surface area (Å²) in [6, 6.07) is -1.77. The van der Waals surface area contributed by atoms with Crippen molar-refractivity contribution in [3.63, 3.8) is 0 Å². The van der Waals surface area contributed by atoms with Crippen LogP contribution in [-0.2, 0) is 4.79 Å². The van der Waals surface area contributed by atoms with Crippen LogP contribution in [0.2, 0.25) is 0 Å². The lowest BCUT2D eigenvalue weighted by Crippen LogP contribution is -2.63. The summed E-state index contributed by atoms with van der Waals surface area (Å²) in [5.74, 6) is -0.147. The molecule has 1 unspecified atom stereocenters. The van der Waals surface area contributed by atoms with Gasteiger partial charge >= 0.3 is 6.03 Å². The van der Waals surface area contributed by atoms with Gasteiger partial charge in [0.2, 0.25) is 5.91 Å². The van der Waals surface area contributed by atoms with E-state index in [0.29, 0.717) is 24.3 Å². The van der Waals surface area contributed by atoms with Crippen LogP contribution < -0.4 is 10.6 Å². The summed E-state index contributed by atoms with van der Waals surface area (Å²) in [5.41, 5.74) is -1.23. The molecule has 0 aromatic heterocycles. The highest BCUT2D eigenvalue weighted by atomic mass is 35.5. The van der Waals surface area contributed by atoms with E-state index in [4.69, 9.17) is 11.6 Å². The Morgan fingerprint density at radius 2 is 1.79 bits per heavy atom. The van der Waals surface area contributed by atoms with Crippen molar-refractivity contribution >= 4 is 23.5 Å². The van der Waals surface area contributed by atoms with E-state index in [9.17, 15) is 19.7 Å². The minimum absolute atomic E-state index is 0.0444. The van der Waals surface area contributed by atoms with E-state index in [0.717, 1.165) is 5.06 Å². The number of hydrogen-bond acceptors (Lipinski definition) is 6. The Bertz CT molecular complexity index is 552. The number of nitrogens with zero attached hydrogens (tertiary/aromatic N) is 3. The molecule has 0 aromatic rings. The van der Waals surface area contributed by atoms with Crippen molar-refractivity contribution in [1.82, 2.24) is 20.7 Å². The van der Waals surface area contributed by atoms with E-state index in [1.807, 2.05) is 41.5 Å². The van der Waals surface area contributed by atoms with Crippen molar-refractivity contribution < 1.29 is 9.59 Å². The Kier molecular flexibility index (Phi) is 8.64. The molecule has 0 saturated carbocycles. The number of piperidine rings is 1. The fraction of sp³-hybridized carbons (Fsp3) is 0.889. The second-order valence-electron chi connectivity index (χ2n) is 9.06. The molecule has 0 bridgehead atoms. The molecule has 1 aliphatic heterocycles. The summed E-state index contributed by atoms with van der Waals surface area (Å²) >= 11 is 5.57. The molecule has 162 valence electrons. The van der Waals surface area contributed by atoms with Gasteiger partial charge in [0.05, 0.1) is 11.8 Å². The number of hydrogen-bond donors (Lipinski definition) is 2. The predicted octanol–water partition coefficient (Wildman–Crippen LogP) is 2.97. The first-order valence-electron chi connectivity index (χ1n) is 9.59. The summed E-state index contributed by atoms with van der Waals surface area (Å²) in [6.45, 7) is 11.2. The zero-order valence-electron chi connectivity index (χ0n) is 17.6. The molecule has 0 aliphatic carbocycles. The normalized spacial score (nSPS) is 20.5. The maximum Gasteiger partial charge on any atom is 0.341 e. The van der Waals surface area contributed by atoms with Gasteiger partial charge in [-0.1, -0.05) is 13.8 Å². The Balaban J connectivity index is 2.87. The van der Waals surface area contributed by atoms with Crippen LogP contribution in [0.25, 0.3) is 0 Å². The van der Waals surface area contributed by atoms with Crippen molar-refractivity contribution in [1.29, 1.82) is 0 Å². The van der Waals surface area contributed by atoms with Gasteiger partial charge in [0.15, 0.2) is 0 Å². The highest BCUT2D eigenvalue weighted by Crippen LogP contribution is 2.37. The summed E-state index contributed by atoms with van der Waals surface area (Å²) in [5, 5.41) is 22.4. The molecule has 1 fully saturated rings. The lowest BCUT2D eigenvalue weighted by molar-refractivity contribution is -0.125. The van der Waals surface area contributed by atoms with Crippen LogP contribution >= 0.6 is 11.6 Å². The lowest BCUT2D eigenvalue weighted by Gasteiger charge is -2.60. The average Bonchev–Trinajstić information content (AvgIpc) is 2.55. The first-order valence-corrected chi connectivity index (χ1v) is 10.1. The van der Waals surface area contributed by atoms with Crippen LogP contribution in [0.4, 0.5) is 4.79 Å². The van der Waals surface area contributed by atoms with Gasteiger partial charge in [-0.25, -0.2) is 4.79 Å². The van der Waals surface area contributed by atoms with E-state index in [1.54, 1.807) is 0 Å². The number of urea groups is 1. The zero-order valence-corrected chi connectivity index (χ0v) is 18.4. The van der Waals surface area contributed by atoms with E-state index < -0.39 is 23.2 Å². The molecule has 1 heterocycles. The molecule has 3 amide bonds. The first-order chi connectivity index (χ1) is 12.8. The Morgan fingerprint density at radius 1 is 1.25 bits per heavy atom. The van der Waals surface area contributed by atoms with Gasteiger partial charge in [-0.3, -0.25) is 4.79 Å². The number of nitroso groups, excluding NO2 is 1. The lowest BCUT2D eigenvalue weighted by atomic mass is 9.79. The Hall–Kier alpha value is -1.45. The van der Waals surface area contributed by atoms with Crippen LogP contribution in [0.3, 0.4) is 0 Å². The molecular formula is C18H33ClN5O4-. The third-order valence-electron chi connectivity index (χ3n) is 4.89. The number of rotatable bonds is 8. The minimum Gasteiger partial charge on any atom is -0.784 e. The molecule has 10 heteroatoms. The summed E-state index contributed by atoms with van der Waals surface area (Å²) in [7, 11) is 0. The molecule has 1 rings (SSSR count). The average molecular weight is 419 g/mol. The fourth-order valence-electron chi connectivity index (χ4n) is 3.85. The molecule has 1 saturated heterocycles. The van der Waals surface area contributed by atoms with Crippen LogP contribution in [0, 0.1) is 16.0 Å². The van der Waals surface area contributed by atoms with Crippen molar-refractivity contribution in [3.8, 4) is 0 Å². The highest BCUT2D eigenvalue weighted by molar-refractivity contribution is 6.18. The number of halogens is 1. The van der Waals surface area contributed by atoms with Gasteiger partial charge in [-0.15, -0.1) is 16.5 Å². The second kappa shape index (κ2) is 9.84. The van der Waals surface area contributed by atoms with Gasteiger partial charge in [-0.2, -0.15) is 5.01 Å². The van der Waals surface area contributed by atoms with Crippen LogP contribution in [0.1, 0.15) is 60.8 Å². The third-order valence-corrected chi connectivity index (χ3v) is 5.06. The number of carbonyl (C=O) groups is 2. The first kappa shape index (κ1) is 24.6. The van der Waals surface area contributed by atoms with Gasteiger partial charge in [0, 0.05) is 23.0 Å². The largest absolute Gasteiger partial charge is 0.784 e. The predicted molar refractivity (Wildman–Crippen MR) is 110 cm³/mol. The molecule has 1 aliphatic rings. The molecule has 0 aromatic carbocycles. The van der Waals surface area contributed by atoms with Gasteiger partial charge in [0.25, 0.3) is 0 Å². The summed E-state index contributed by atoms with van der Waals surface area (Å²) in [4.78, 5) is 35.9. The Morgan fingerprint density at radius 3 is 2.21 bits per heavy atom. The van der Waals surface area contributed by atoms with Crippen LogP contribution in [-0.4, -0.2) is 57.6 Å². The molecular weight excluding hydrogens is 386 g/mol. The second-order valence-corrected chi connectivity index (χ2v) is 9.44. The van der Waals surface area contributed by atoms with Crippen LogP contribution in [0.15, 0.2) is 5.29 Å². The molecule has 2 N–H and O–H groups in total. The highest BCUT2D eigenvalue weighted by Gasteiger charge is 2.41. The van der Waals surface area contributed by atoms with Crippen molar-refractivity contribution in [2.75, 3.05) is 12.4 Å². The number of hydroxylamine groups is 2. The minimum atomic E-state index is -0.816. The van der Waals surface area contributed by atoms with Crippen LogP contribution in [0.5, 0.6) is 0 Å². The number of amides is 3. The number of alkyl halides is 1. The smallest absolute Gasteiger partial charge is 0.341 e. The zero-order chi connectivity index (χ0) is 21.7. The number of nitrogens with one attached hydrogen (secondary N) is 2. The monoisotopic (exact) mass is 418 g/mol. The molecule has 1 atom stereocenters. The fourth-order valence-corrected chi connectivity index (χ4v) is 4.01. The Labute approximate surface area is 172 Å². The standard InChI is InChI=1S/C18H33ClN5O4/c1-12(2)9-14(21-16(26)23(22-27)8-7-19)15(25)20-13-10-17(3,4)24(28)18(5,6)11-13/h12-14H,7-11H2,1-6H3,(H,20,25)(H,21,26)/q-1. The SMILES string of the molecule is CC(C)CC(NC(=O)N(CCCl)N=O)C(=O)NC1CC(C)(C)N([O-])C(C)(C)C1. The quantitative estimate of drug-likeness (QED) is 0.357. The number of carbonyl (C=O) groups excluding carboxylic acids is 2. The maximum absolute atomic E-state index is 12.9. The molecule has 0 spiro atoms. The van der Waals surface area contributed by atoms with E-state index in [-0.39, 0.29) is 30.3 Å². The molecule has 9 nitrogen and oxygen atoms in total. The van der Waals surface area contributed by atoms with Crippen molar-refractivity contribution in [3.05, 3.63) is 10.1 Å². The van der Waals surface area contributed by atoms with E-state index >= 15 is 0 Å². The van der Waals surface area contributed by atoms with Gasteiger partial charge in [-0.05, 0) is 52.9 Å². The van der Waals surface area contributed by atoms with Gasteiger partial charge in [0.1, 0.15) is 6.04 Å². The summed E-state index contributed by atoms with van der Waals surface area (Å²) in [6.07, 6.45) is 1.41. The summed E-state index contributed by atoms with van der Waals surface area (Å²) < 4.78 is 0. The topological polar surface area (TPSA) is 117 Å². The van der Waals surface area contributed by atoms with Crippen molar-refractivity contribution in [2.24, 2.45) is 11.2 Å². The maximum atomic E-state index is 12.9. The van der Waals surface area contributed by atoms with Crippen molar-refractivity contribution in [2.45, 2.75) is 84.0 Å². The molecule has 28 heavy (non-hydrogen) atoms.